The van der Waals surface area contributed by atoms with Crippen LogP contribution in [0.25, 0.3) is 0 Å². The molecule has 0 bridgehead atoms. The van der Waals surface area contributed by atoms with Gasteiger partial charge in [-0.05, 0) is 60.7 Å². The highest BCUT2D eigenvalue weighted by atomic mass is 79.9. The smallest absolute Gasteiger partial charge is 0.297 e. The van der Waals surface area contributed by atoms with Crippen molar-refractivity contribution in [2.75, 3.05) is 6.61 Å². The van der Waals surface area contributed by atoms with Gasteiger partial charge in [0, 0.05) is 0 Å². The molecule has 1 aliphatic carbocycles. The summed E-state index contributed by atoms with van der Waals surface area (Å²) in [6.45, 7) is 1.98. The van der Waals surface area contributed by atoms with Gasteiger partial charge in [0.25, 0.3) is 10.1 Å². The molecule has 0 amide bonds. The van der Waals surface area contributed by atoms with Crippen LogP contribution in [0.1, 0.15) is 37.1 Å². The summed E-state index contributed by atoms with van der Waals surface area (Å²) in [4.78, 5) is 4.38. The normalized spacial score (nSPS) is 17.1. The van der Waals surface area contributed by atoms with Gasteiger partial charge in [0.15, 0.2) is 5.82 Å². The van der Waals surface area contributed by atoms with Crippen molar-refractivity contribution in [3.63, 3.8) is 0 Å². The van der Waals surface area contributed by atoms with E-state index in [4.69, 9.17) is 4.18 Å². The summed E-state index contributed by atoms with van der Waals surface area (Å²) < 4.78 is 31.4. The topological polar surface area (TPSA) is 94.3 Å². The first-order valence-electron chi connectivity index (χ1n) is 8.09. The predicted molar refractivity (Wildman–Crippen MR) is 94.4 cm³/mol. The Balaban J connectivity index is 1.69. The van der Waals surface area contributed by atoms with Crippen LogP contribution in [0, 0.1) is 6.92 Å². The number of hydrogen-bond acceptors (Lipinski definition) is 6. The SMILES string of the molecule is Cc1ccc(S(=O)(=O)OCCn2nc(Br)nc2C2(O)CCCC2)cc1. The van der Waals surface area contributed by atoms with E-state index in [0.717, 1.165) is 18.4 Å². The van der Waals surface area contributed by atoms with E-state index in [0.29, 0.717) is 23.4 Å². The third-order valence-corrected chi connectivity index (χ3v) is 6.01. The second-order valence-electron chi connectivity index (χ2n) is 6.26. The van der Waals surface area contributed by atoms with Crippen LogP contribution in [0.4, 0.5) is 0 Å². The van der Waals surface area contributed by atoms with Crippen LogP contribution in [0.3, 0.4) is 0 Å². The lowest BCUT2D eigenvalue weighted by molar-refractivity contribution is 0.0296. The fourth-order valence-electron chi connectivity index (χ4n) is 3.00. The number of hydrogen-bond donors (Lipinski definition) is 1. The second kappa shape index (κ2) is 7.14. The number of halogens is 1. The maximum atomic E-state index is 12.2. The Morgan fingerprint density at radius 2 is 1.92 bits per heavy atom. The average molecular weight is 430 g/mol. The zero-order valence-corrected chi connectivity index (χ0v) is 16.3. The minimum absolute atomic E-state index is 0.0882. The Hall–Kier alpha value is -1.29. The molecule has 3 rings (SSSR count). The molecule has 0 radical (unpaired) electrons. The van der Waals surface area contributed by atoms with Gasteiger partial charge in [0.05, 0.1) is 18.0 Å². The molecule has 1 N–H and O–H groups in total. The van der Waals surface area contributed by atoms with Crippen molar-refractivity contribution in [1.82, 2.24) is 14.8 Å². The third kappa shape index (κ3) is 4.11. The number of rotatable bonds is 6. The van der Waals surface area contributed by atoms with Gasteiger partial charge in [0.2, 0.25) is 4.73 Å². The second-order valence-corrected chi connectivity index (χ2v) is 8.58. The summed E-state index contributed by atoms with van der Waals surface area (Å²) in [6.07, 6.45) is 3.11. The maximum absolute atomic E-state index is 12.2. The van der Waals surface area contributed by atoms with Gasteiger partial charge in [-0.1, -0.05) is 17.7 Å². The van der Waals surface area contributed by atoms with Gasteiger partial charge in [-0.25, -0.2) is 9.67 Å². The lowest BCUT2D eigenvalue weighted by Crippen LogP contribution is -2.27. The molecule has 1 fully saturated rings. The van der Waals surface area contributed by atoms with Crippen LogP contribution in [0.5, 0.6) is 0 Å². The summed E-state index contributed by atoms with van der Waals surface area (Å²) in [6, 6.07) is 6.48. The van der Waals surface area contributed by atoms with Crippen molar-refractivity contribution in [3.8, 4) is 0 Å². The molecule has 1 aromatic heterocycles. The van der Waals surface area contributed by atoms with Crippen molar-refractivity contribution in [2.24, 2.45) is 0 Å². The Labute approximate surface area is 155 Å². The number of aryl methyl sites for hydroxylation is 1. The van der Waals surface area contributed by atoms with Crippen LogP contribution in [0.15, 0.2) is 33.9 Å². The standard InChI is InChI=1S/C16H20BrN3O4S/c1-12-4-6-13(7-5-12)25(22,23)24-11-10-20-14(18-15(17)19-20)16(21)8-2-3-9-16/h4-7,21H,2-3,8-11H2,1H3. The minimum Gasteiger partial charge on any atom is -0.382 e. The molecular formula is C16H20BrN3O4S. The molecule has 0 saturated heterocycles. The van der Waals surface area contributed by atoms with Gasteiger partial charge in [-0.2, -0.15) is 8.42 Å². The molecule has 0 unspecified atom stereocenters. The van der Waals surface area contributed by atoms with Gasteiger partial charge in [-0.3, -0.25) is 4.18 Å². The highest BCUT2D eigenvalue weighted by molar-refractivity contribution is 9.10. The van der Waals surface area contributed by atoms with Gasteiger partial charge in [0.1, 0.15) is 5.60 Å². The van der Waals surface area contributed by atoms with E-state index in [1.54, 1.807) is 12.1 Å². The summed E-state index contributed by atoms with van der Waals surface area (Å²) >= 11 is 3.22. The molecular weight excluding hydrogens is 410 g/mol. The third-order valence-electron chi connectivity index (χ3n) is 4.34. The monoisotopic (exact) mass is 429 g/mol. The predicted octanol–water partition coefficient (Wildman–Crippen LogP) is 2.52. The molecule has 1 heterocycles. The van der Waals surface area contributed by atoms with E-state index in [1.807, 2.05) is 6.92 Å². The Morgan fingerprint density at radius 3 is 2.56 bits per heavy atom. The van der Waals surface area contributed by atoms with Crippen molar-refractivity contribution < 1.29 is 17.7 Å². The van der Waals surface area contributed by atoms with Gasteiger partial charge >= 0.3 is 0 Å². The molecule has 0 spiro atoms. The highest BCUT2D eigenvalue weighted by Crippen LogP contribution is 2.37. The summed E-state index contributed by atoms with van der Waals surface area (Å²) in [7, 11) is -3.82. The fraction of sp³-hybridized carbons (Fsp3) is 0.500. The largest absolute Gasteiger partial charge is 0.382 e. The Morgan fingerprint density at radius 1 is 1.28 bits per heavy atom. The molecule has 1 aromatic carbocycles. The molecule has 7 nitrogen and oxygen atoms in total. The van der Waals surface area contributed by atoms with Gasteiger partial charge < -0.3 is 5.11 Å². The first kappa shape index (κ1) is 18.5. The molecule has 1 aliphatic rings. The summed E-state index contributed by atoms with van der Waals surface area (Å²) in [5.74, 6) is 0.452. The van der Waals surface area contributed by atoms with Crippen LogP contribution in [0.2, 0.25) is 0 Å². The van der Waals surface area contributed by atoms with Crippen molar-refractivity contribution in [3.05, 3.63) is 40.4 Å². The molecule has 2 aromatic rings. The minimum atomic E-state index is -3.82. The first-order chi connectivity index (χ1) is 11.8. The maximum Gasteiger partial charge on any atom is 0.297 e. The molecule has 25 heavy (non-hydrogen) atoms. The van der Waals surface area contributed by atoms with Crippen molar-refractivity contribution >= 4 is 26.0 Å². The fourth-order valence-corrected chi connectivity index (χ4v) is 4.26. The van der Waals surface area contributed by atoms with Crippen LogP contribution in [-0.4, -0.2) is 34.9 Å². The van der Waals surface area contributed by atoms with Crippen molar-refractivity contribution in [2.45, 2.75) is 49.6 Å². The lowest BCUT2D eigenvalue weighted by Gasteiger charge is -2.21. The van der Waals surface area contributed by atoms with Crippen LogP contribution in [-0.2, 0) is 26.4 Å². The zero-order chi connectivity index (χ0) is 18.1. The van der Waals surface area contributed by atoms with E-state index in [1.165, 1.54) is 16.8 Å². The van der Waals surface area contributed by atoms with Crippen LogP contribution >= 0.6 is 15.9 Å². The number of benzene rings is 1. The first-order valence-corrected chi connectivity index (χ1v) is 10.3. The molecule has 136 valence electrons. The number of nitrogens with zero attached hydrogens (tertiary/aromatic N) is 3. The molecule has 0 aliphatic heterocycles. The van der Waals surface area contributed by atoms with Crippen LogP contribution < -0.4 is 0 Å². The molecule has 0 atom stereocenters. The molecule has 1 saturated carbocycles. The average Bonchev–Trinajstić information content (AvgIpc) is 3.15. The number of aromatic nitrogens is 3. The quantitative estimate of drug-likeness (QED) is 0.708. The zero-order valence-electron chi connectivity index (χ0n) is 13.9. The highest BCUT2D eigenvalue weighted by Gasteiger charge is 2.38. The lowest BCUT2D eigenvalue weighted by atomic mass is 10.0. The van der Waals surface area contributed by atoms with Crippen molar-refractivity contribution in [1.29, 1.82) is 0 Å². The van der Waals surface area contributed by atoms with E-state index in [9.17, 15) is 13.5 Å². The van der Waals surface area contributed by atoms with E-state index in [-0.39, 0.29) is 18.0 Å². The Kier molecular flexibility index (Phi) is 5.29. The van der Waals surface area contributed by atoms with E-state index in [2.05, 4.69) is 26.0 Å². The number of aliphatic hydroxyl groups is 1. The molecule has 9 heteroatoms. The summed E-state index contributed by atoms with van der Waals surface area (Å²) in [5, 5.41) is 14.9. The van der Waals surface area contributed by atoms with Gasteiger partial charge in [-0.15, -0.1) is 5.10 Å². The van der Waals surface area contributed by atoms with E-state index >= 15 is 0 Å². The Bertz CT molecular complexity index is 843. The summed E-state index contributed by atoms with van der Waals surface area (Å²) in [5.41, 5.74) is -0.0321. The van der Waals surface area contributed by atoms with E-state index < -0.39 is 15.7 Å².